The lowest BCUT2D eigenvalue weighted by molar-refractivity contribution is -0.115. The largest absolute Gasteiger partial charge is 0.493 e. The Balaban J connectivity index is 1.79. The van der Waals surface area contributed by atoms with Crippen LogP contribution in [0.1, 0.15) is 58.4 Å². The Labute approximate surface area is 155 Å². The van der Waals surface area contributed by atoms with Gasteiger partial charge in [-0.3, -0.25) is 4.79 Å². The van der Waals surface area contributed by atoms with E-state index in [1.165, 1.54) is 5.56 Å². The van der Waals surface area contributed by atoms with E-state index in [-0.39, 0.29) is 16.9 Å². The van der Waals surface area contributed by atoms with Gasteiger partial charge < -0.3 is 10.1 Å². The molecule has 2 aromatic rings. The quantitative estimate of drug-likeness (QED) is 0.903. The first-order valence-electron chi connectivity index (χ1n) is 9.19. The van der Waals surface area contributed by atoms with Crippen molar-refractivity contribution >= 4 is 11.7 Å². The number of rotatable bonds is 3. The van der Waals surface area contributed by atoms with Gasteiger partial charge in [-0.15, -0.1) is 0 Å². The van der Waals surface area contributed by atoms with E-state index in [9.17, 15) is 4.79 Å². The summed E-state index contributed by atoms with van der Waals surface area (Å²) in [6, 6.07) is 7.98. The van der Waals surface area contributed by atoms with Crippen molar-refractivity contribution in [3.8, 4) is 5.75 Å². The molecule has 1 aromatic carbocycles. The second-order valence-electron chi connectivity index (χ2n) is 9.01. The summed E-state index contributed by atoms with van der Waals surface area (Å²) in [4.78, 5) is 12.6. The zero-order chi connectivity index (χ0) is 19.1. The van der Waals surface area contributed by atoms with E-state index in [2.05, 4.69) is 52.9 Å². The van der Waals surface area contributed by atoms with Crippen LogP contribution in [0.2, 0.25) is 0 Å². The summed E-state index contributed by atoms with van der Waals surface area (Å²) in [5.74, 6) is 1.65. The molecule has 2 heterocycles. The monoisotopic (exact) mass is 355 g/mol. The summed E-state index contributed by atoms with van der Waals surface area (Å²) in [6.45, 7) is 13.4. The van der Waals surface area contributed by atoms with Crippen molar-refractivity contribution < 1.29 is 9.53 Å². The first kappa shape index (κ1) is 18.5. The van der Waals surface area contributed by atoms with Crippen LogP contribution in [0.4, 0.5) is 5.82 Å². The summed E-state index contributed by atoms with van der Waals surface area (Å²) >= 11 is 0. The number of hydrogen-bond acceptors (Lipinski definition) is 3. The lowest BCUT2D eigenvalue weighted by atomic mass is 9.92. The van der Waals surface area contributed by atoms with Gasteiger partial charge in [0.25, 0.3) is 0 Å². The molecule has 3 rings (SSSR count). The topological polar surface area (TPSA) is 56.1 Å². The molecule has 0 fully saturated rings. The molecule has 0 unspecified atom stereocenters. The number of carbonyl (C=O) groups is 1. The molecule has 0 bridgehead atoms. The molecule has 1 aromatic heterocycles. The van der Waals surface area contributed by atoms with Crippen molar-refractivity contribution in [2.45, 2.75) is 65.3 Å². The summed E-state index contributed by atoms with van der Waals surface area (Å²) in [7, 11) is 0. The average Bonchev–Trinajstić information content (AvgIpc) is 3.11. The SMILES string of the molecule is CC(C)(C)c1cc(NC(=O)Cc2ccc3c(c2)CCO3)n(C(C)(C)C)n1. The predicted octanol–water partition coefficient (Wildman–Crippen LogP) is 4.05. The van der Waals surface area contributed by atoms with Crippen molar-refractivity contribution in [2.75, 3.05) is 11.9 Å². The molecule has 0 radical (unpaired) electrons. The fourth-order valence-corrected chi connectivity index (χ4v) is 3.07. The summed E-state index contributed by atoms with van der Waals surface area (Å²) in [5.41, 5.74) is 2.87. The van der Waals surface area contributed by atoms with Crippen LogP contribution < -0.4 is 10.1 Å². The van der Waals surface area contributed by atoms with Gasteiger partial charge in [0.15, 0.2) is 0 Å². The summed E-state index contributed by atoms with van der Waals surface area (Å²) in [5, 5.41) is 7.80. The van der Waals surface area contributed by atoms with Crippen LogP contribution in [0.25, 0.3) is 0 Å². The van der Waals surface area contributed by atoms with E-state index in [1.807, 2.05) is 22.9 Å². The molecular formula is C21H29N3O2. The van der Waals surface area contributed by atoms with Gasteiger partial charge in [0.05, 0.1) is 24.3 Å². The molecule has 5 nitrogen and oxygen atoms in total. The molecule has 26 heavy (non-hydrogen) atoms. The molecule has 0 spiro atoms. The maximum Gasteiger partial charge on any atom is 0.229 e. The number of anilines is 1. The van der Waals surface area contributed by atoms with Gasteiger partial charge in [0, 0.05) is 17.9 Å². The fraction of sp³-hybridized carbons (Fsp3) is 0.524. The van der Waals surface area contributed by atoms with Crippen molar-refractivity contribution in [3.05, 3.63) is 41.1 Å². The Kier molecular flexibility index (Phi) is 4.59. The second kappa shape index (κ2) is 6.45. The Morgan fingerprint density at radius 1 is 1.19 bits per heavy atom. The highest BCUT2D eigenvalue weighted by atomic mass is 16.5. The fourth-order valence-electron chi connectivity index (χ4n) is 3.07. The molecule has 0 saturated heterocycles. The molecule has 1 N–H and O–H groups in total. The van der Waals surface area contributed by atoms with Crippen LogP contribution in [-0.4, -0.2) is 22.3 Å². The van der Waals surface area contributed by atoms with Gasteiger partial charge in [0.1, 0.15) is 11.6 Å². The number of carbonyl (C=O) groups excluding carboxylic acids is 1. The number of fused-ring (bicyclic) bond motifs is 1. The molecule has 0 aliphatic carbocycles. The van der Waals surface area contributed by atoms with Gasteiger partial charge in [0.2, 0.25) is 5.91 Å². The van der Waals surface area contributed by atoms with Crippen molar-refractivity contribution in [1.29, 1.82) is 0 Å². The van der Waals surface area contributed by atoms with Gasteiger partial charge in [-0.1, -0.05) is 32.9 Å². The van der Waals surface area contributed by atoms with Crippen LogP contribution in [0.3, 0.4) is 0 Å². The van der Waals surface area contributed by atoms with Gasteiger partial charge in [-0.05, 0) is 38.0 Å². The van der Waals surface area contributed by atoms with Crippen LogP contribution in [0.5, 0.6) is 5.75 Å². The van der Waals surface area contributed by atoms with Gasteiger partial charge >= 0.3 is 0 Å². The van der Waals surface area contributed by atoms with E-state index in [0.717, 1.165) is 35.9 Å². The maximum absolute atomic E-state index is 12.6. The Bertz CT molecular complexity index is 823. The zero-order valence-electron chi connectivity index (χ0n) is 16.6. The lowest BCUT2D eigenvalue weighted by Crippen LogP contribution is -2.27. The summed E-state index contributed by atoms with van der Waals surface area (Å²) < 4.78 is 7.43. The van der Waals surface area contributed by atoms with Gasteiger partial charge in [-0.2, -0.15) is 5.10 Å². The minimum atomic E-state index is -0.211. The van der Waals surface area contributed by atoms with E-state index in [0.29, 0.717) is 6.42 Å². The van der Waals surface area contributed by atoms with Crippen LogP contribution in [-0.2, 0) is 28.6 Å². The highest BCUT2D eigenvalue weighted by molar-refractivity contribution is 5.91. The highest BCUT2D eigenvalue weighted by Crippen LogP contribution is 2.29. The average molecular weight is 355 g/mol. The highest BCUT2D eigenvalue weighted by Gasteiger charge is 2.25. The van der Waals surface area contributed by atoms with Crippen molar-refractivity contribution in [2.24, 2.45) is 0 Å². The molecular weight excluding hydrogens is 326 g/mol. The number of aromatic nitrogens is 2. The first-order chi connectivity index (χ1) is 12.0. The number of amides is 1. The number of hydrogen-bond donors (Lipinski definition) is 1. The number of nitrogens with one attached hydrogen (secondary N) is 1. The molecule has 0 atom stereocenters. The predicted molar refractivity (Wildman–Crippen MR) is 104 cm³/mol. The smallest absolute Gasteiger partial charge is 0.229 e. The van der Waals surface area contributed by atoms with Crippen LogP contribution >= 0.6 is 0 Å². The number of ether oxygens (including phenoxy) is 1. The molecule has 0 saturated carbocycles. The third-order valence-electron chi connectivity index (χ3n) is 4.50. The second-order valence-corrected chi connectivity index (χ2v) is 9.01. The third-order valence-corrected chi connectivity index (χ3v) is 4.50. The van der Waals surface area contributed by atoms with E-state index >= 15 is 0 Å². The number of nitrogens with zero attached hydrogens (tertiary/aromatic N) is 2. The molecule has 1 aliphatic rings. The normalized spacial score (nSPS) is 14.1. The number of benzene rings is 1. The lowest BCUT2D eigenvalue weighted by Gasteiger charge is -2.23. The van der Waals surface area contributed by atoms with Crippen LogP contribution in [0, 0.1) is 0 Å². The Hall–Kier alpha value is -2.30. The van der Waals surface area contributed by atoms with Crippen LogP contribution in [0.15, 0.2) is 24.3 Å². The molecule has 5 heteroatoms. The Morgan fingerprint density at radius 2 is 1.92 bits per heavy atom. The molecule has 1 aliphatic heterocycles. The van der Waals surface area contributed by atoms with E-state index in [4.69, 9.17) is 9.84 Å². The van der Waals surface area contributed by atoms with Crippen molar-refractivity contribution in [1.82, 2.24) is 9.78 Å². The van der Waals surface area contributed by atoms with Crippen molar-refractivity contribution in [3.63, 3.8) is 0 Å². The summed E-state index contributed by atoms with van der Waals surface area (Å²) in [6.07, 6.45) is 1.25. The van der Waals surface area contributed by atoms with E-state index < -0.39 is 0 Å². The molecule has 1 amide bonds. The van der Waals surface area contributed by atoms with Gasteiger partial charge in [-0.25, -0.2) is 4.68 Å². The first-order valence-corrected chi connectivity index (χ1v) is 9.19. The van der Waals surface area contributed by atoms with E-state index in [1.54, 1.807) is 0 Å². The molecule has 140 valence electrons. The Morgan fingerprint density at radius 3 is 2.58 bits per heavy atom. The maximum atomic E-state index is 12.6. The minimum Gasteiger partial charge on any atom is -0.493 e. The standard InChI is InChI=1S/C21H29N3O2/c1-20(2,3)17-13-18(24(23-17)21(4,5)6)22-19(25)12-14-7-8-16-15(11-14)9-10-26-16/h7-8,11,13H,9-10,12H2,1-6H3,(H,22,25). The minimum absolute atomic E-state index is 0.0327. The third kappa shape index (κ3) is 3.92. The zero-order valence-corrected chi connectivity index (χ0v) is 16.6.